The Morgan fingerprint density at radius 1 is 1.09 bits per heavy atom. The number of carbonyl (C=O) groups excluding carboxylic acids is 1. The average molecular weight is 348 g/mol. The summed E-state index contributed by atoms with van der Waals surface area (Å²) in [6.45, 7) is 4.41. The smallest absolute Gasteiger partial charge is 0.460 e. The first-order valence-corrected chi connectivity index (χ1v) is 6.84. The third kappa shape index (κ3) is 1.91. The van der Waals surface area contributed by atoms with Gasteiger partial charge in [-0.3, -0.25) is 4.79 Å². The summed E-state index contributed by atoms with van der Waals surface area (Å²) in [6.07, 6.45) is -6.12. The highest BCUT2D eigenvalue weighted by Gasteiger charge is 2.77. The first-order chi connectivity index (χ1) is 10.0. The first kappa shape index (κ1) is 18.1. The third-order valence-corrected chi connectivity index (χ3v) is 5.63. The lowest BCUT2D eigenvalue weighted by Gasteiger charge is -2.36. The van der Waals surface area contributed by atoms with E-state index in [9.17, 15) is 40.6 Å². The van der Waals surface area contributed by atoms with Gasteiger partial charge in [0.1, 0.15) is 0 Å². The number of hydrogen-bond donors (Lipinski definition) is 1. The number of ketones is 1. The van der Waals surface area contributed by atoms with Crippen LogP contribution >= 0.6 is 0 Å². The number of Topliss-reactive ketones (excluding diaryl/α,β-unsaturated/α-hetero) is 1. The first-order valence-electron chi connectivity index (χ1n) is 6.84. The number of fused-ring (bicyclic) bond motifs is 2. The largest absolute Gasteiger partial charge is 0.506 e. The second-order valence-corrected chi connectivity index (χ2v) is 6.88. The molecule has 0 aromatic heterocycles. The highest BCUT2D eigenvalue weighted by Crippen LogP contribution is 2.68. The zero-order valence-electron chi connectivity index (χ0n) is 12.5. The topological polar surface area (TPSA) is 37.3 Å². The van der Waals surface area contributed by atoms with E-state index in [0.717, 1.165) is 0 Å². The lowest BCUT2D eigenvalue weighted by molar-refractivity contribution is -0.349. The molecule has 0 unspecified atom stereocenters. The number of aliphatic hydroxyl groups is 1. The van der Waals surface area contributed by atoms with Crippen molar-refractivity contribution in [3.63, 3.8) is 0 Å². The van der Waals surface area contributed by atoms with Gasteiger partial charge in [0.25, 0.3) is 0 Å². The van der Waals surface area contributed by atoms with Crippen LogP contribution in [-0.4, -0.2) is 28.9 Å². The highest BCUT2D eigenvalue weighted by atomic mass is 19.4. The molecule has 0 radical (unpaired) electrons. The van der Waals surface area contributed by atoms with Crippen molar-refractivity contribution in [2.24, 2.45) is 16.7 Å². The number of carbonyl (C=O) groups is 1. The zero-order chi connectivity index (χ0) is 18.2. The van der Waals surface area contributed by atoms with Crippen LogP contribution in [0.25, 0.3) is 0 Å². The van der Waals surface area contributed by atoms with E-state index in [1.807, 2.05) is 0 Å². The molecule has 2 bridgehead atoms. The summed E-state index contributed by atoms with van der Waals surface area (Å²) in [4.78, 5) is 12.2. The Bertz CT molecular complexity index is 588. The van der Waals surface area contributed by atoms with E-state index < -0.39 is 51.9 Å². The predicted molar refractivity (Wildman–Crippen MR) is 65.2 cm³/mol. The second kappa shape index (κ2) is 4.42. The molecule has 0 aromatic rings. The van der Waals surface area contributed by atoms with Gasteiger partial charge in [0.2, 0.25) is 0 Å². The zero-order valence-corrected chi connectivity index (χ0v) is 12.5. The van der Waals surface area contributed by atoms with Gasteiger partial charge in [-0.05, 0) is 18.3 Å². The van der Waals surface area contributed by atoms with Crippen LogP contribution in [0.2, 0.25) is 0 Å². The molecule has 2 atom stereocenters. The van der Waals surface area contributed by atoms with E-state index in [1.165, 1.54) is 6.92 Å². The number of rotatable bonds is 2. The molecular formula is C14H15F7O2. The molecule has 0 spiro atoms. The van der Waals surface area contributed by atoms with Crippen molar-refractivity contribution in [2.75, 3.05) is 0 Å². The number of halogens is 7. The lowest BCUT2D eigenvalue weighted by atomic mass is 9.68. The molecular weight excluding hydrogens is 333 g/mol. The minimum Gasteiger partial charge on any atom is -0.506 e. The minimum atomic E-state index is -6.57. The van der Waals surface area contributed by atoms with Crippen molar-refractivity contribution in [2.45, 2.75) is 51.6 Å². The summed E-state index contributed by atoms with van der Waals surface area (Å²) in [6, 6.07) is 0. The molecule has 0 amide bonds. The van der Waals surface area contributed by atoms with Crippen molar-refractivity contribution in [1.82, 2.24) is 0 Å². The van der Waals surface area contributed by atoms with Crippen LogP contribution in [0.1, 0.15) is 33.6 Å². The van der Waals surface area contributed by atoms with Crippen molar-refractivity contribution in [1.29, 1.82) is 0 Å². The minimum absolute atomic E-state index is 0.142. The molecule has 2 rings (SSSR count). The van der Waals surface area contributed by atoms with Gasteiger partial charge < -0.3 is 5.11 Å². The monoisotopic (exact) mass is 348 g/mol. The summed E-state index contributed by atoms with van der Waals surface area (Å²) >= 11 is 0. The predicted octanol–water partition coefficient (Wildman–Crippen LogP) is 4.66. The molecule has 1 N–H and O–H groups in total. The molecule has 0 saturated heterocycles. The number of allylic oxidation sites excluding steroid dienone is 2. The summed E-state index contributed by atoms with van der Waals surface area (Å²) in [5.41, 5.74) is -3.31. The van der Waals surface area contributed by atoms with Gasteiger partial charge in [-0.15, -0.1) is 0 Å². The molecule has 0 aromatic carbocycles. The maximum atomic E-state index is 13.7. The molecule has 132 valence electrons. The van der Waals surface area contributed by atoms with Crippen molar-refractivity contribution < 1.29 is 40.6 Å². The Labute approximate surface area is 127 Å². The van der Waals surface area contributed by atoms with Crippen LogP contribution < -0.4 is 0 Å². The molecule has 2 aliphatic carbocycles. The fourth-order valence-corrected chi connectivity index (χ4v) is 3.71. The van der Waals surface area contributed by atoms with Crippen LogP contribution in [0.4, 0.5) is 30.7 Å². The van der Waals surface area contributed by atoms with E-state index in [1.54, 1.807) is 13.8 Å². The molecule has 2 fully saturated rings. The van der Waals surface area contributed by atoms with E-state index in [0.29, 0.717) is 6.42 Å². The van der Waals surface area contributed by atoms with Crippen LogP contribution in [0.3, 0.4) is 0 Å². The maximum Gasteiger partial charge on any atom is 0.460 e. The van der Waals surface area contributed by atoms with E-state index >= 15 is 0 Å². The SMILES string of the molecule is CC1(C)[C@@H]2CC[C@@]1(C)/C(=C(/O)C(F)(F)C(F)(F)C(F)(F)F)C2=O. The molecule has 23 heavy (non-hydrogen) atoms. The summed E-state index contributed by atoms with van der Waals surface area (Å²) in [5.74, 6) is -16.7. The van der Waals surface area contributed by atoms with Gasteiger partial charge >= 0.3 is 18.0 Å². The van der Waals surface area contributed by atoms with Gasteiger partial charge in [-0.2, -0.15) is 30.7 Å². The molecule has 2 nitrogen and oxygen atoms in total. The summed E-state index contributed by atoms with van der Waals surface area (Å²) < 4.78 is 90.5. The Kier molecular flexibility index (Phi) is 3.47. The number of hydrogen-bond acceptors (Lipinski definition) is 2. The highest BCUT2D eigenvalue weighted by molar-refractivity contribution is 6.03. The van der Waals surface area contributed by atoms with Crippen LogP contribution in [-0.2, 0) is 4.79 Å². The lowest BCUT2D eigenvalue weighted by Crippen LogP contribution is -2.53. The van der Waals surface area contributed by atoms with E-state index in [4.69, 9.17) is 0 Å². The van der Waals surface area contributed by atoms with Crippen molar-refractivity contribution in [3.05, 3.63) is 11.3 Å². The van der Waals surface area contributed by atoms with Gasteiger partial charge in [-0.1, -0.05) is 20.8 Å². The van der Waals surface area contributed by atoms with Gasteiger partial charge in [0.15, 0.2) is 11.5 Å². The Balaban J connectivity index is 2.65. The fourth-order valence-electron chi connectivity index (χ4n) is 3.71. The van der Waals surface area contributed by atoms with Crippen molar-refractivity contribution in [3.8, 4) is 0 Å². The summed E-state index contributed by atoms with van der Waals surface area (Å²) in [5, 5.41) is 9.59. The molecule has 2 aliphatic rings. The fraction of sp³-hybridized carbons (Fsp3) is 0.786. The number of aliphatic hydroxyl groups excluding tert-OH is 1. The van der Waals surface area contributed by atoms with Crippen LogP contribution in [0, 0.1) is 16.7 Å². The van der Waals surface area contributed by atoms with Crippen LogP contribution in [0.5, 0.6) is 0 Å². The summed E-state index contributed by atoms with van der Waals surface area (Å²) in [7, 11) is 0. The average Bonchev–Trinajstić information content (AvgIpc) is 2.66. The van der Waals surface area contributed by atoms with Gasteiger partial charge in [-0.25, -0.2) is 0 Å². The maximum absolute atomic E-state index is 13.7. The Hall–Kier alpha value is -1.28. The van der Waals surface area contributed by atoms with Gasteiger partial charge in [0.05, 0.1) is 0 Å². The molecule has 9 heteroatoms. The molecule has 0 aliphatic heterocycles. The molecule has 2 saturated carbocycles. The molecule has 0 heterocycles. The normalized spacial score (nSPS) is 33.3. The standard InChI is InChI=1S/C14H15F7O2/c1-10(2)6-4-5-11(10,3)7(8(6)22)9(23)12(15,16)13(17,18)14(19,20)21/h6,23H,4-5H2,1-3H3/b9-7+/t6-,11+/m1/s1. The number of alkyl halides is 7. The van der Waals surface area contributed by atoms with Crippen LogP contribution in [0.15, 0.2) is 11.3 Å². The Morgan fingerprint density at radius 3 is 1.91 bits per heavy atom. The van der Waals surface area contributed by atoms with E-state index in [2.05, 4.69) is 0 Å². The third-order valence-electron chi connectivity index (χ3n) is 5.63. The quantitative estimate of drug-likeness (QED) is 0.448. The van der Waals surface area contributed by atoms with E-state index in [-0.39, 0.29) is 6.42 Å². The Morgan fingerprint density at radius 2 is 1.57 bits per heavy atom. The van der Waals surface area contributed by atoms with Gasteiger partial charge in [0, 0.05) is 16.9 Å². The second-order valence-electron chi connectivity index (χ2n) is 6.88. The van der Waals surface area contributed by atoms with Crippen molar-refractivity contribution >= 4 is 5.78 Å².